The molecule has 0 radical (unpaired) electrons. The van der Waals surface area contributed by atoms with E-state index in [4.69, 9.17) is 21.2 Å². The molecule has 6 nitrogen and oxygen atoms in total. The summed E-state index contributed by atoms with van der Waals surface area (Å²) in [5, 5.41) is 0.209. The predicted octanol–water partition coefficient (Wildman–Crippen LogP) is 1.49. The third-order valence-electron chi connectivity index (χ3n) is 5.57. The minimum Gasteiger partial charge on any atom is -0.464 e. The molecule has 0 aromatic heterocycles. The number of esters is 1. The highest BCUT2D eigenvalue weighted by molar-refractivity contribution is 6.20. The van der Waals surface area contributed by atoms with E-state index in [0.29, 0.717) is 12.5 Å². The molecule has 3 N–H and O–H groups in total. The van der Waals surface area contributed by atoms with Crippen LogP contribution in [0.2, 0.25) is 0 Å². The van der Waals surface area contributed by atoms with Crippen LogP contribution in [0.15, 0.2) is 0 Å². The van der Waals surface area contributed by atoms with Gasteiger partial charge in [0.1, 0.15) is 6.04 Å². The molecule has 1 aliphatic carbocycles. The largest absolute Gasteiger partial charge is 0.464 e. The summed E-state index contributed by atoms with van der Waals surface area (Å²) >= 11 is 6.46. The molecular weight excluding hydrogens is 318 g/mol. The van der Waals surface area contributed by atoms with Gasteiger partial charge in [0.2, 0.25) is 0 Å². The van der Waals surface area contributed by atoms with Crippen molar-refractivity contribution in [3.63, 3.8) is 0 Å². The number of hydrogen-bond acceptors (Lipinski definition) is 6. The minimum absolute atomic E-state index is 0.0551. The fourth-order valence-corrected chi connectivity index (χ4v) is 4.39. The van der Waals surface area contributed by atoms with E-state index in [1.807, 2.05) is 13.8 Å². The van der Waals surface area contributed by atoms with Gasteiger partial charge in [0, 0.05) is 23.4 Å². The molecule has 0 spiro atoms. The number of ether oxygens (including phenoxy) is 1. The first-order valence-electron chi connectivity index (χ1n) is 8.79. The van der Waals surface area contributed by atoms with Crippen molar-refractivity contribution >= 4 is 17.6 Å². The summed E-state index contributed by atoms with van der Waals surface area (Å²) in [7, 11) is 0. The lowest BCUT2D eigenvalue weighted by Gasteiger charge is -2.31. The van der Waals surface area contributed by atoms with Crippen molar-refractivity contribution < 1.29 is 14.4 Å². The van der Waals surface area contributed by atoms with E-state index in [9.17, 15) is 4.79 Å². The number of rotatable bonds is 4. The molecule has 23 heavy (non-hydrogen) atoms. The Balaban J connectivity index is 1.46. The number of carbonyl (C=O) groups excluding carboxylic acids is 1. The fourth-order valence-electron chi connectivity index (χ4n) is 3.94. The maximum absolute atomic E-state index is 12.3. The summed E-state index contributed by atoms with van der Waals surface area (Å²) in [6.45, 7) is 4.42. The Labute approximate surface area is 142 Å². The van der Waals surface area contributed by atoms with E-state index in [1.54, 1.807) is 0 Å². The Morgan fingerprint density at radius 1 is 1.26 bits per heavy atom. The smallest absolute Gasteiger partial charge is 0.324 e. The zero-order valence-corrected chi connectivity index (χ0v) is 14.6. The molecule has 3 aliphatic rings. The van der Waals surface area contributed by atoms with Gasteiger partial charge in [-0.05, 0) is 39.0 Å². The van der Waals surface area contributed by atoms with Crippen LogP contribution in [0.25, 0.3) is 0 Å². The number of hydrogen-bond donors (Lipinski definition) is 3. The second-order valence-corrected chi connectivity index (χ2v) is 7.73. The van der Waals surface area contributed by atoms with E-state index >= 15 is 0 Å². The summed E-state index contributed by atoms with van der Waals surface area (Å²) in [5.41, 5.74) is 9.29. The first-order valence-corrected chi connectivity index (χ1v) is 9.23. The van der Waals surface area contributed by atoms with E-state index in [1.165, 1.54) is 12.8 Å². The number of nitrogens with one attached hydrogen (secondary N) is 3. The molecule has 7 unspecified atom stereocenters. The Bertz CT molecular complexity index is 415. The monoisotopic (exact) mass is 345 g/mol. The second kappa shape index (κ2) is 7.66. The highest BCUT2D eigenvalue weighted by atomic mass is 35.5. The van der Waals surface area contributed by atoms with E-state index in [2.05, 4.69) is 16.3 Å². The highest BCUT2D eigenvalue weighted by Crippen LogP contribution is 2.33. The first-order chi connectivity index (χ1) is 11.1. The molecule has 3 fully saturated rings. The van der Waals surface area contributed by atoms with Gasteiger partial charge in [-0.25, -0.2) is 5.43 Å². The average Bonchev–Trinajstić information content (AvgIpc) is 3.14. The van der Waals surface area contributed by atoms with E-state index < -0.39 is 0 Å². The zero-order chi connectivity index (χ0) is 16.4. The Morgan fingerprint density at radius 3 is 2.74 bits per heavy atom. The van der Waals surface area contributed by atoms with Crippen LogP contribution in [-0.2, 0) is 14.4 Å². The van der Waals surface area contributed by atoms with Gasteiger partial charge in [0.05, 0.1) is 12.7 Å². The summed E-state index contributed by atoms with van der Waals surface area (Å²) in [4.78, 5) is 17.7. The van der Waals surface area contributed by atoms with Crippen molar-refractivity contribution in [2.45, 2.75) is 75.6 Å². The number of alkyl halides is 1. The van der Waals surface area contributed by atoms with Crippen molar-refractivity contribution in [1.82, 2.24) is 16.3 Å². The predicted molar refractivity (Wildman–Crippen MR) is 87.7 cm³/mol. The van der Waals surface area contributed by atoms with Crippen LogP contribution in [-0.4, -0.2) is 42.2 Å². The van der Waals surface area contributed by atoms with Crippen LogP contribution >= 0.6 is 11.6 Å². The van der Waals surface area contributed by atoms with Gasteiger partial charge in [0.25, 0.3) is 0 Å². The lowest BCUT2D eigenvalue weighted by molar-refractivity contribution is -0.147. The van der Waals surface area contributed by atoms with Gasteiger partial charge in [0.15, 0.2) is 0 Å². The van der Waals surface area contributed by atoms with Gasteiger partial charge in [-0.3, -0.25) is 15.1 Å². The SMILES string of the molecule is CC1NOC(C)C1COC(=O)C1CC(C2CCCCC2Cl)NN1. The van der Waals surface area contributed by atoms with Gasteiger partial charge >= 0.3 is 5.97 Å². The molecule has 1 saturated carbocycles. The third-order valence-corrected chi connectivity index (χ3v) is 6.11. The van der Waals surface area contributed by atoms with Crippen LogP contribution < -0.4 is 16.3 Å². The maximum atomic E-state index is 12.3. The zero-order valence-electron chi connectivity index (χ0n) is 13.9. The van der Waals surface area contributed by atoms with Crippen molar-refractivity contribution in [3.05, 3.63) is 0 Å². The van der Waals surface area contributed by atoms with Gasteiger partial charge in [-0.2, -0.15) is 5.48 Å². The Morgan fingerprint density at radius 2 is 2.04 bits per heavy atom. The van der Waals surface area contributed by atoms with Gasteiger partial charge in [-0.15, -0.1) is 11.6 Å². The summed E-state index contributed by atoms with van der Waals surface area (Å²) in [6, 6.07) is 0.163. The molecule has 0 amide bonds. The standard InChI is InChI=1S/C16H28ClN3O3/c1-9-12(10(2)23-20-9)8-22-16(21)15-7-14(18-19-15)11-5-3-4-6-13(11)17/h9-15,18-20H,3-8H2,1-2H3. The Kier molecular flexibility index (Phi) is 5.80. The molecule has 2 saturated heterocycles. The third kappa shape index (κ3) is 3.99. The second-order valence-electron chi connectivity index (χ2n) is 7.17. The minimum atomic E-state index is -0.285. The molecule has 2 aliphatic heterocycles. The van der Waals surface area contributed by atoms with Crippen LogP contribution in [0.4, 0.5) is 0 Å². The number of carbonyl (C=O) groups is 1. The first kappa shape index (κ1) is 17.4. The molecule has 0 aromatic rings. The summed E-state index contributed by atoms with van der Waals surface area (Å²) in [6.07, 6.45) is 5.45. The van der Waals surface area contributed by atoms with Crippen LogP contribution in [0.5, 0.6) is 0 Å². The van der Waals surface area contributed by atoms with Crippen molar-refractivity contribution in [2.75, 3.05) is 6.61 Å². The number of hydrazine groups is 1. The lowest BCUT2D eigenvalue weighted by atomic mass is 9.82. The van der Waals surface area contributed by atoms with Crippen LogP contribution in [0.3, 0.4) is 0 Å². The topological polar surface area (TPSA) is 71.6 Å². The number of halogens is 1. The summed E-state index contributed by atoms with van der Waals surface area (Å²) < 4.78 is 5.52. The molecule has 0 bridgehead atoms. The van der Waals surface area contributed by atoms with Gasteiger partial charge in [-0.1, -0.05) is 12.8 Å². The average molecular weight is 346 g/mol. The molecule has 7 atom stereocenters. The van der Waals surface area contributed by atoms with E-state index in [-0.39, 0.29) is 41.5 Å². The Hall–Kier alpha value is -0.400. The quantitative estimate of drug-likeness (QED) is 0.529. The molecular formula is C16H28ClN3O3. The molecule has 7 heteroatoms. The van der Waals surface area contributed by atoms with Crippen molar-refractivity contribution in [1.29, 1.82) is 0 Å². The van der Waals surface area contributed by atoms with Crippen molar-refractivity contribution in [3.8, 4) is 0 Å². The van der Waals surface area contributed by atoms with E-state index in [0.717, 1.165) is 19.3 Å². The normalized spacial score (nSPS) is 44.4. The summed E-state index contributed by atoms with van der Waals surface area (Å²) in [5.74, 6) is 0.436. The molecule has 0 aromatic carbocycles. The number of hydroxylamine groups is 1. The van der Waals surface area contributed by atoms with Crippen LogP contribution in [0, 0.1) is 11.8 Å². The van der Waals surface area contributed by atoms with Crippen LogP contribution in [0.1, 0.15) is 46.0 Å². The maximum Gasteiger partial charge on any atom is 0.324 e. The highest BCUT2D eigenvalue weighted by Gasteiger charge is 2.39. The molecule has 132 valence electrons. The molecule has 2 heterocycles. The molecule has 3 rings (SSSR count). The van der Waals surface area contributed by atoms with Crippen molar-refractivity contribution in [2.24, 2.45) is 11.8 Å². The van der Waals surface area contributed by atoms with Gasteiger partial charge < -0.3 is 4.74 Å². The lowest BCUT2D eigenvalue weighted by Crippen LogP contribution is -2.42. The fraction of sp³-hybridized carbons (Fsp3) is 0.938.